The van der Waals surface area contributed by atoms with Crippen LogP contribution in [0.4, 0.5) is 0 Å². The summed E-state index contributed by atoms with van der Waals surface area (Å²) >= 11 is 0. The highest BCUT2D eigenvalue weighted by Crippen LogP contribution is 2.14. The van der Waals surface area contributed by atoms with Crippen molar-refractivity contribution in [1.82, 2.24) is 0 Å². The van der Waals surface area contributed by atoms with Crippen LogP contribution in [0.5, 0.6) is 0 Å². The normalized spacial score (nSPS) is 13.2. The molecule has 0 bridgehead atoms. The molecule has 0 aromatic rings. The van der Waals surface area contributed by atoms with Gasteiger partial charge in [0.05, 0.1) is 0 Å². The van der Waals surface area contributed by atoms with E-state index in [1.165, 1.54) is 83.5 Å². The second kappa shape index (κ2) is 61.8. The van der Waals surface area contributed by atoms with E-state index in [1.807, 2.05) is 12.2 Å². The van der Waals surface area contributed by atoms with Crippen LogP contribution >= 0.6 is 0 Å². The zero-order valence-corrected chi connectivity index (χ0v) is 48.3. The number of hydrogen-bond acceptors (Lipinski definition) is 6. The Balaban J connectivity index is 4.39. The largest absolute Gasteiger partial charge is 0.462 e. The topological polar surface area (TPSA) is 78.9 Å². The summed E-state index contributed by atoms with van der Waals surface area (Å²) in [6.07, 6.45) is 88.6. The van der Waals surface area contributed by atoms with Crippen LogP contribution in [0.3, 0.4) is 0 Å². The van der Waals surface area contributed by atoms with Crippen molar-refractivity contribution in [1.29, 1.82) is 0 Å². The summed E-state index contributed by atoms with van der Waals surface area (Å²) in [4.78, 5) is 38.1. The lowest BCUT2D eigenvalue weighted by atomic mass is 10.0. The van der Waals surface area contributed by atoms with Gasteiger partial charge in [-0.2, -0.15) is 0 Å². The SMILES string of the molecule is CC/C=C\C/C=C\C/C=C\C/C=C\C/C=C\C/C=C\CCC(=O)OC(COC(=O)CCCCCCC/C=C\CCCC)COC(=O)CCCCCCCCCCCCC/C=C\C/C=C\C/C=C\C/C=C\C/C=C\CC. The summed E-state index contributed by atoms with van der Waals surface area (Å²) in [7, 11) is 0. The molecule has 0 aromatic carbocycles. The molecule has 0 aliphatic heterocycles. The summed E-state index contributed by atoms with van der Waals surface area (Å²) < 4.78 is 16.8. The van der Waals surface area contributed by atoms with E-state index in [9.17, 15) is 14.4 Å². The summed E-state index contributed by atoms with van der Waals surface area (Å²) in [5.41, 5.74) is 0. The molecule has 0 aliphatic rings. The van der Waals surface area contributed by atoms with Gasteiger partial charge in [-0.3, -0.25) is 14.4 Å². The minimum Gasteiger partial charge on any atom is -0.462 e. The van der Waals surface area contributed by atoms with Crippen molar-refractivity contribution in [2.45, 2.75) is 258 Å². The molecule has 0 heterocycles. The van der Waals surface area contributed by atoms with E-state index < -0.39 is 12.1 Å². The number of hydrogen-bond donors (Lipinski definition) is 0. The lowest BCUT2D eigenvalue weighted by molar-refractivity contribution is -0.166. The molecule has 0 amide bonds. The quantitative estimate of drug-likeness (QED) is 0.0261. The summed E-state index contributed by atoms with van der Waals surface area (Å²) in [6, 6.07) is 0. The Morgan fingerprint density at radius 2 is 0.547 bits per heavy atom. The van der Waals surface area contributed by atoms with E-state index in [-0.39, 0.29) is 31.6 Å². The maximum absolute atomic E-state index is 12.8. The average Bonchev–Trinajstić information content (AvgIpc) is 3.41. The fourth-order valence-electron chi connectivity index (χ4n) is 7.83. The number of carbonyl (C=O) groups is 3. The zero-order valence-electron chi connectivity index (χ0n) is 48.3. The van der Waals surface area contributed by atoms with Gasteiger partial charge in [0, 0.05) is 19.3 Å². The zero-order chi connectivity index (χ0) is 54.3. The monoisotopic (exact) mass is 1030 g/mol. The van der Waals surface area contributed by atoms with E-state index in [2.05, 4.69) is 154 Å². The van der Waals surface area contributed by atoms with E-state index in [0.717, 1.165) is 122 Å². The molecule has 422 valence electrons. The van der Waals surface area contributed by atoms with Crippen molar-refractivity contribution in [2.75, 3.05) is 13.2 Å². The van der Waals surface area contributed by atoms with Crippen LogP contribution in [0.25, 0.3) is 0 Å². The maximum Gasteiger partial charge on any atom is 0.306 e. The van der Waals surface area contributed by atoms with Crippen molar-refractivity contribution >= 4 is 17.9 Å². The van der Waals surface area contributed by atoms with Gasteiger partial charge in [-0.15, -0.1) is 0 Å². The van der Waals surface area contributed by atoms with Crippen LogP contribution in [-0.4, -0.2) is 37.2 Å². The Labute approximate surface area is 461 Å². The third kappa shape index (κ3) is 60.0. The third-order valence-electron chi connectivity index (χ3n) is 12.3. The minimum absolute atomic E-state index is 0.117. The molecular weight excluding hydrogens is 925 g/mol. The highest BCUT2D eigenvalue weighted by Gasteiger charge is 2.19. The Kier molecular flexibility index (Phi) is 58.0. The molecule has 0 aromatic heterocycles. The summed E-state index contributed by atoms with van der Waals surface area (Å²) in [5.74, 6) is -1.02. The van der Waals surface area contributed by atoms with Crippen molar-refractivity contribution in [3.8, 4) is 0 Å². The van der Waals surface area contributed by atoms with Crippen LogP contribution in [0.15, 0.2) is 146 Å². The number of unbranched alkanes of at least 4 members (excludes halogenated alkanes) is 18. The number of carbonyl (C=O) groups excluding carboxylic acids is 3. The molecule has 0 spiro atoms. The molecule has 6 heteroatoms. The number of esters is 3. The molecular formula is C69H110O6. The predicted octanol–water partition coefficient (Wildman–Crippen LogP) is 20.8. The Morgan fingerprint density at radius 3 is 0.880 bits per heavy atom. The molecule has 0 N–H and O–H groups in total. The van der Waals surface area contributed by atoms with Gasteiger partial charge in [0.2, 0.25) is 0 Å². The minimum atomic E-state index is -0.829. The molecule has 0 aliphatic carbocycles. The first-order valence-corrected chi connectivity index (χ1v) is 30.3. The lowest BCUT2D eigenvalue weighted by Gasteiger charge is -2.18. The van der Waals surface area contributed by atoms with Gasteiger partial charge in [0.15, 0.2) is 6.10 Å². The number of rotatable bonds is 53. The third-order valence-corrected chi connectivity index (χ3v) is 12.3. The lowest BCUT2D eigenvalue weighted by Crippen LogP contribution is -2.30. The molecule has 0 rings (SSSR count). The highest BCUT2D eigenvalue weighted by atomic mass is 16.6. The van der Waals surface area contributed by atoms with Crippen molar-refractivity contribution in [2.24, 2.45) is 0 Å². The molecule has 6 nitrogen and oxygen atoms in total. The Bertz CT molecular complexity index is 1660. The maximum atomic E-state index is 12.8. The number of allylic oxidation sites excluding steroid dienone is 24. The first-order chi connectivity index (χ1) is 37.0. The molecule has 0 fully saturated rings. The smallest absolute Gasteiger partial charge is 0.306 e. The molecule has 1 atom stereocenters. The first kappa shape index (κ1) is 70.3. The summed E-state index contributed by atoms with van der Waals surface area (Å²) in [5, 5.41) is 0. The second-order valence-corrected chi connectivity index (χ2v) is 19.5. The molecule has 0 saturated carbocycles. The fraction of sp³-hybridized carbons (Fsp3) is 0.609. The van der Waals surface area contributed by atoms with Gasteiger partial charge in [0.25, 0.3) is 0 Å². The highest BCUT2D eigenvalue weighted by molar-refractivity contribution is 5.71. The first-order valence-electron chi connectivity index (χ1n) is 30.3. The predicted molar refractivity (Wildman–Crippen MR) is 325 cm³/mol. The van der Waals surface area contributed by atoms with Crippen molar-refractivity contribution in [3.63, 3.8) is 0 Å². The summed E-state index contributed by atoms with van der Waals surface area (Å²) in [6.45, 7) is 6.29. The van der Waals surface area contributed by atoms with Gasteiger partial charge in [0.1, 0.15) is 13.2 Å². The second-order valence-electron chi connectivity index (χ2n) is 19.5. The van der Waals surface area contributed by atoms with E-state index in [1.54, 1.807) is 0 Å². The van der Waals surface area contributed by atoms with Crippen LogP contribution in [0, 0.1) is 0 Å². The van der Waals surface area contributed by atoms with Gasteiger partial charge < -0.3 is 14.2 Å². The van der Waals surface area contributed by atoms with E-state index in [0.29, 0.717) is 19.3 Å². The van der Waals surface area contributed by atoms with E-state index in [4.69, 9.17) is 14.2 Å². The van der Waals surface area contributed by atoms with Crippen LogP contribution in [-0.2, 0) is 28.6 Å². The van der Waals surface area contributed by atoms with Gasteiger partial charge in [-0.25, -0.2) is 0 Å². The Morgan fingerprint density at radius 1 is 0.280 bits per heavy atom. The van der Waals surface area contributed by atoms with Crippen LogP contribution in [0.2, 0.25) is 0 Å². The molecule has 0 radical (unpaired) electrons. The van der Waals surface area contributed by atoms with Crippen LogP contribution < -0.4 is 0 Å². The van der Waals surface area contributed by atoms with E-state index >= 15 is 0 Å². The Hall–Kier alpha value is -4.71. The molecule has 75 heavy (non-hydrogen) atoms. The van der Waals surface area contributed by atoms with Gasteiger partial charge in [-0.1, -0.05) is 256 Å². The van der Waals surface area contributed by atoms with Crippen molar-refractivity contribution in [3.05, 3.63) is 146 Å². The fourth-order valence-corrected chi connectivity index (χ4v) is 7.83. The number of ether oxygens (including phenoxy) is 3. The molecule has 0 saturated heterocycles. The average molecular weight is 1040 g/mol. The molecule has 1 unspecified atom stereocenters. The van der Waals surface area contributed by atoms with Crippen LogP contribution in [0.1, 0.15) is 252 Å². The van der Waals surface area contributed by atoms with Gasteiger partial charge >= 0.3 is 17.9 Å². The van der Waals surface area contributed by atoms with Crippen molar-refractivity contribution < 1.29 is 28.6 Å². The van der Waals surface area contributed by atoms with Gasteiger partial charge in [-0.05, 0) is 122 Å². The standard InChI is InChI=1S/C69H110O6/c1-4-7-10-13-16-19-22-24-26-28-30-31-32-33-34-35-36-37-39-40-42-44-47-50-53-56-59-62-68(71)74-65-66(64-73-67(70)61-58-55-52-49-46-21-18-15-12-9-6-3)75-69(72)63-60-57-54-51-48-45-43-41-38-29-27-25-23-20-17-14-11-8-5-2/h7-8,10-11,15-20,24-27,30-31,33-34,38,41,45,48,54,57,66H,4-6,9,12-14,21-23,28-29,32,35-37,39-40,42-44,46-47,49-53,55-56,58-65H2,1-3H3/b10-7-,11-8-,18-15-,19-16-,20-17-,26-24-,27-25-,31-30-,34-33-,41-38-,48-45-,57-54-.